The number of hydrogen-bond acceptors (Lipinski definition) is 4. The Labute approximate surface area is 108 Å². The maximum absolute atomic E-state index is 5.89. The van der Waals surface area contributed by atoms with Gasteiger partial charge in [0, 0.05) is 19.6 Å². The van der Waals surface area contributed by atoms with Crippen molar-refractivity contribution >= 4 is 0 Å². The van der Waals surface area contributed by atoms with Gasteiger partial charge in [-0.05, 0) is 31.1 Å². The van der Waals surface area contributed by atoms with Gasteiger partial charge in [-0.15, -0.1) is 0 Å². The number of nitrogens with one attached hydrogen (secondary N) is 1. The molecule has 2 bridgehead atoms. The van der Waals surface area contributed by atoms with E-state index in [2.05, 4.69) is 10.3 Å². The maximum Gasteiger partial charge on any atom is 0.208 e. The second-order valence-corrected chi connectivity index (χ2v) is 5.61. The number of hydrogen-bond donors (Lipinski definition) is 1. The van der Waals surface area contributed by atoms with Crippen molar-refractivity contribution in [1.29, 1.82) is 0 Å². The molecule has 0 aromatic carbocycles. The van der Waals surface area contributed by atoms with Crippen LogP contribution in [0.5, 0.6) is 0 Å². The fraction of sp³-hybridized carbons (Fsp3) is 0.786. The van der Waals surface area contributed by atoms with Crippen LogP contribution in [0.3, 0.4) is 0 Å². The molecule has 0 spiro atoms. The Morgan fingerprint density at radius 3 is 3.11 bits per heavy atom. The van der Waals surface area contributed by atoms with Crippen LogP contribution < -0.4 is 5.32 Å². The van der Waals surface area contributed by atoms with E-state index < -0.39 is 0 Å². The SMILES string of the molecule is COCCNCc1ncc(C2CC3CCC2C3)o1. The van der Waals surface area contributed by atoms with Crippen LogP contribution in [0.25, 0.3) is 0 Å². The highest BCUT2D eigenvalue weighted by Gasteiger charge is 2.41. The Hall–Kier alpha value is -0.870. The predicted molar refractivity (Wildman–Crippen MR) is 68.3 cm³/mol. The molecule has 2 saturated carbocycles. The van der Waals surface area contributed by atoms with Crippen molar-refractivity contribution < 1.29 is 9.15 Å². The topological polar surface area (TPSA) is 47.3 Å². The molecule has 0 aliphatic heterocycles. The molecule has 1 aromatic rings. The van der Waals surface area contributed by atoms with E-state index in [-0.39, 0.29) is 0 Å². The summed E-state index contributed by atoms with van der Waals surface area (Å²) in [6.45, 7) is 2.26. The molecule has 3 rings (SSSR count). The third-order valence-corrected chi connectivity index (χ3v) is 4.43. The molecule has 1 aromatic heterocycles. The van der Waals surface area contributed by atoms with E-state index in [1.165, 1.54) is 25.7 Å². The first-order chi connectivity index (χ1) is 8.86. The molecule has 4 heteroatoms. The fourth-order valence-corrected chi connectivity index (χ4v) is 3.54. The molecule has 2 fully saturated rings. The van der Waals surface area contributed by atoms with Crippen molar-refractivity contribution in [3.63, 3.8) is 0 Å². The minimum atomic E-state index is 0.643. The zero-order valence-corrected chi connectivity index (χ0v) is 11.0. The van der Waals surface area contributed by atoms with Gasteiger partial charge in [0.05, 0.1) is 19.3 Å². The highest BCUT2D eigenvalue weighted by Crippen LogP contribution is 2.52. The number of oxazole rings is 1. The maximum atomic E-state index is 5.89. The van der Waals surface area contributed by atoms with Crippen LogP contribution in [0.15, 0.2) is 10.6 Å². The third kappa shape index (κ3) is 2.45. The first-order valence-corrected chi connectivity index (χ1v) is 7.01. The number of nitrogens with zero attached hydrogens (tertiary/aromatic N) is 1. The van der Waals surface area contributed by atoms with Gasteiger partial charge < -0.3 is 14.5 Å². The average Bonchev–Trinajstić information content (AvgIpc) is 3.09. The van der Waals surface area contributed by atoms with E-state index in [4.69, 9.17) is 9.15 Å². The number of methoxy groups -OCH3 is 1. The van der Waals surface area contributed by atoms with E-state index >= 15 is 0 Å². The molecule has 0 saturated heterocycles. The van der Waals surface area contributed by atoms with Gasteiger partial charge in [0.15, 0.2) is 0 Å². The lowest BCUT2D eigenvalue weighted by Gasteiger charge is -2.18. The lowest BCUT2D eigenvalue weighted by molar-refractivity contribution is 0.198. The first-order valence-electron chi connectivity index (χ1n) is 7.01. The molecule has 0 amide bonds. The zero-order valence-electron chi connectivity index (χ0n) is 11.0. The minimum absolute atomic E-state index is 0.643. The monoisotopic (exact) mass is 250 g/mol. The summed E-state index contributed by atoms with van der Waals surface area (Å²) >= 11 is 0. The standard InChI is InChI=1S/C14H22N2O2/c1-17-5-4-15-9-14-16-8-13(18-14)12-7-10-2-3-11(12)6-10/h8,10-12,15H,2-7,9H2,1H3. The molecule has 1 heterocycles. The Kier molecular flexibility index (Phi) is 3.66. The van der Waals surface area contributed by atoms with Crippen LogP contribution >= 0.6 is 0 Å². The summed E-state index contributed by atoms with van der Waals surface area (Å²) in [6, 6.07) is 0. The first kappa shape index (κ1) is 12.2. The fourth-order valence-electron chi connectivity index (χ4n) is 3.54. The normalized spacial score (nSPS) is 30.2. The Bertz CT molecular complexity index is 391. The van der Waals surface area contributed by atoms with Crippen LogP contribution in [0, 0.1) is 11.8 Å². The van der Waals surface area contributed by atoms with E-state index in [1.54, 1.807) is 7.11 Å². The Morgan fingerprint density at radius 1 is 1.44 bits per heavy atom. The summed E-state index contributed by atoms with van der Waals surface area (Å²) in [4.78, 5) is 4.37. The van der Waals surface area contributed by atoms with Crippen molar-refractivity contribution in [3.05, 3.63) is 17.8 Å². The summed E-state index contributed by atoms with van der Waals surface area (Å²) in [5, 5.41) is 3.26. The zero-order chi connectivity index (χ0) is 12.4. The van der Waals surface area contributed by atoms with Gasteiger partial charge in [-0.25, -0.2) is 4.98 Å². The highest BCUT2D eigenvalue weighted by atomic mass is 16.5. The quantitative estimate of drug-likeness (QED) is 0.787. The summed E-state index contributed by atoms with van der Waals surface area (Å²) < 4.78 is 10.9. The van der Waals surface area contributed by atoms with Crippen LogP contribution in [-0.4, -0.2) is 25.2 Å². The lowest BCUT2D eigenvalue weighted by Crippen LogP contribution is -2.18. The van der Waals surface area contributed by atoms with Crippen LogP contribution in [0.1, 0.15) is 43.3 Å². The van der Waals surface area contributed by atoms with Gasteiger partial charge in [0.25, 0.3) is 0 Å². The number of ether oxygens (including phenoxy) is 1. The molecular formula is C14H22N2O2. The highest BCUT2D eigenvalue weighted by molar-refractivity contribution is 5.10. The van der Waals surface area contributed by atoms with Crippen molar-refractivity contribution in [3.8, 4) is 0 Å². The number of fused-ring (bicyclic) bond motifs is 2. The average molecular weight is 250 g/mol. The van der Waals surface area contributed by atoms with Crippen molar-refractivity contribution in [2.75, 3.05) is 20.3 Å². The molecule has 2 aliphatic carbocycles. The Morgan fingerprint density at radius 2 is 2.39 bits per heavy atom. The summed E-state index contributed by atoms with van der Waals surface area (Å²) in [6.07, 6.45) is 7.49. The van der Waals surface area contributed by atoms with Crippen molar-refractivity contribution in [2.45, 2.75) is 38.1 Å². The van der Waals surface area contributed by atoms with E-state index in [0.29, 0.717) is 12.5 Å². The van der Waals surface area contributed by atoms with Crippen molar-refractivity contribution in [1.82, 2.24) is 10.3 Å². The molecule has 3 unspecified atom stereocenters. The van der Waals surface area contributed by atoms with E-state index in [9.17, 15) is 0 Å². The predicted octanol–water partition coefficient (Wildman–Crippen LogP) is 2.31. The molecule has 1 N–H and O–H groups in total. The largest absolute Gasteiger partial charge is 0.444 e. The Balaban J connectivity index is 1.53. The summed E-state index contributed by atoms with van der Waals surface area (Å²) in [5.41, 5.74) is 0. The third-order valence-electron chi connectivity index (χ3n) is 4.43. The molecule has 0 radical (unpaired) electrons. The number of aromatic nitrogens is 1. The van der Waals surface area contributed by atoms with Gasteiger partial charge >= 0.3 is 0 Å². The van der Waals surface area contributed by atoms with Gasteiger partial charge in [0.2, 0.25) is 5.89 Å². The van der Waals surface area contributed by atoms with Crippen LogP contribution in [0.4, 0.5) is 0 Å². The lowest BCUT2D eigenvalue weighted by atomic mass is 9.87. The van der Waals surface area contributed by atoms with E-state index in [0.717, 1.165) is 36.6 Å². The second kappa shape index (κ2) is 5.41. The molecule has 2 aliphatic rings. The molecular weight excluding hydrogens is 228 g/mol. The molecule has 3 atom stereocenters. The molecule has 100 valence electrons. The van der Waals surface area contributed by atoms with Crippen LogP contribution in [0.2, 0.25) is 0 Å². The number of rotatable bonds is 6. The van der Waals surface area contributed by atoms with E-state index in [1.807, 2.05) is 6.20 Å². The molecule has 18 heavy (non-hydrogen) atoms. The van der Waals surface area contributed by atoms with Gasteiger partial charge in [-0.1, -0.05) is 6.42 Å². The van der Waals surface area contributed by atoms with Crippen molar-refractivity contribution in [2.24, 2.45) is 11.8 Å². The van der Waals surface area contributed by atoms with Gasteiger partial charge in [0.1, 0.15) is 5.76 Å². The smallest absolute Gasteiger partial charge is 0.208 e. The van der Waals surface area contributed by atoms with Gasteiger partial charge in [-0.3, -0.25) is 0 Å². The minimum Gasteiger partial charge on any atom is -0.444 e. The second-order valence-electron chi connectivity index (χ2n) is 5.61. The summed E-state index contributed by atoms with van der Waals surface area (Å²) in [5.74, 6) is 4.38. The van der Waals surface area contributed by atoms with Gasteiger partial charge in [-0.2, -0.15) is 0 Å². The molecule has 4 nitrogen and oxygen atoms in total. The van der Waals surface area contributed by atoms with Crippen LogP contribution in [-0.2, 0) is 11.3 Å². The summed E-state index contributed by atoms with van der Waals surface area (Å²) in [7, 11) is 1.71.